The molecule has 0 amide bonds. The summed E-state index contributed by atoms with van der Waals surface area (Å²) in [5.74, 6) is 3.19. The van der Waals surface area contributed by atoms with Gasteiger partial charge in [0.05, 0.1) is 17.9 Å². The summed E-state index contributed by atoms with van der Waals surface area (Å²) in [6.45, 7) is 4.79. The Kier molecular flexibility index (Phi) is 6.30. The number of fused-ring (bicyclic) bond motifs is 1. The van der Waals surface area contributed by atoms with Crippen LogP contribution in [0.5, 0.6) is 5.75 Å². The molecule has 2 aromatic heterocycles. The van der Waals surface area contributed by atoms with E-state index in [4.69, 9.17) is 20.9 Å². The Morgan fingerprint density at radius 2 is 1.94 bits per heavy atom. The molecule has 0 atom stereocenters. The molecule has 1 saturated heterocycles. The Labute approximate surface area is 193 Å². The van der Waals surface area contributed by atoms with Crippen LogP contribution < -0.4 is 9.64 Å². The quantitative estimate of drug-likeness (QED) is 0.421. The van der Waals surface area contributed by atoms with Crippen molar-refractivity contribution < 1.29 is 9.26 Å². The van der Waals surface area contributed by atoms with Crippen molar-refractivity contribution >= 4 is 34.5 Å². The summed E-state index contributed by atoms with van der Waals surface area (Å²) in [4.78, 5) is 2.29. The van der Waals surface area contributed by atoms with Crippen LogP contribution in [-0.4, -0.2) is 35.1 Å². The van der Waals surface area contributed by atoms with Crippen LogP contribution in [0.3, 0.4) is 0 Å². The van der Waals surface area contributed by atoms with E-state index in [1.54, 1.807) is 6.07 Å². The summed E-state index contributed by atoms with van der Waals surface area (Å²) in [7, 11) is 0. The molecule has 0 unspecified atom stereocenters. The van der Waals surface area contributed by atoms with E-state index >= 15 is 0 Å². The molecule has 7 heteroatoms. The molecule has 0 N–H and O–H groups in total. The first-order valence-corrected chi connectivity index (χ1v) is 12.0. The molecule has 2 aliphatic rings. The highest BCUT2D eigenvalue weighted by molar-refractivity contribution is 6.29. The lowest BCUT2D eigenvalue weighted by Gasteiger charge is -2.32. The minimum atomic E-state index is 0.433. The number of hydrogen-bond acceptors (Lipinski definition) is 6. The van der Waals surface area contributed by atoms with Crippen molar-refractivity contribution in [3.8, 4) is 5.75 Å². The fourth-order valence-corrected chi connectivity index (χ4v) is 4.55. The standard InChI is InChI=1S/C25H29ClN4O2/c1-2-3-20-22(31-16-18-4-5-18)9-7-19-21(29-32-25(19)20)8-6-17-12-14-30(15-13-17)24-11-10-23(26)27-28-24/h2-3,7,9-11,17-18H,4-6,8,12-16H2,1H3. The molecule has 3 heterocycles. The van der Waals surface area contributed by atoms with Crippen LogP contribution >= 0.6 is 11.6 Å². The summed E-state index contributed by atoms with van der Waals surface area (Å²) in [6, 6.07) is 7.93. The third-order valence-corrected chi connectivity index (χ3v) is 6.77. The van der Waals surface area contributed by atoms with Gasteiger partial charge in [-0.1, -0.05) is 28.9 Å². The summed E-state index contributed by atoms with van der Waals surface area (Å²) >= 11 is 5.86. The van der Waals surface area contributed by atoms with Gasteiger partial charge in [0.1, 0.15) is 5.75 Å². The summed E-state index contributed by atoms with van der Waals surface area (Å²) < 4.78 is 11.9. The van der Waals surface area contributed by atoms with Gasteiger partial charge in [-0.3, -0.25) is 0 Å². The van der Waals surface area contributed by atoms with Crippen molar-refractivity contribution in [2.24, 2.45) is 11.8 Å². The van der Waals surface area contributed by atoms with Crippen LogP contribution in [0.15, 0.2) is 34.9 Å². The van der Waals surface area contributed by atoms with E-state index in [9.17, 15) is 0 Å². The van der Waals surface area contributed by atoms with Gasteiger partial charge >= 0.3 is 0 Å². The number of benzene rings is 1. The van der Waals surface area contributed by atoms with Gasteiger partial charge in [-0.2, -0.15) is 0 Å². The zero-order valence-electron chi connectivity index (χ0n) is 18.5. The van der Waals surface area contributed by atoms with Gasteiger partial charge in [0.25, 0.3) is 0 Å². The molecular weight excluding hydrogens is 424 g/mol. The maximum atomic E-state index is 6.08. The Morgan fingerprint density at radius 1 is 1.09 bits per heavy atom. The van der Waals surface area contributed by atoms with Gasteiger partial charge in [0.15, 0.2) is 16.6 Å². The predicted molar refractivity (Wildman–Crippen MR) is 127 cm³/mol. The minimum Gasteiger partial charge on any atom is -0.493 e. The van der Waals surface area contributed by atoms with E-state index < -0.39 is 0 Å². The number of halogens is 1. The molecule has 1 aromatic carbocycles. The molecule has 0 bridgehead atoms. The van der Waals surface area contributed by atoms with Gasteiger partial charge in [-0.15, -0.1) is 10.2 Å². The number of nitrogens with zero attached hydrogens (tertiary/aromatic N) is 4. The molecule has 1 aliphatic heterocycles. The van der Waals surface area contributed by atoms with Gasteiger partial charge in [-0.25, -0.2) is 0 Å². The third-order valence-electron chi connectivity index (χ3n) is 6.56. The van der Waals surface area contributed by atoms with Crippen LogP contribution in [0, 0.1) is 11.8 Å². The van der Waals surface area contributed by atoms with Crippen molar-refractivity contribution in [2.75, 3.05) is 24.6 Å². The Hall–Kier alpha value is -2.60. The number of ether oxygens (including phenoxy) is 1. The molecule has 32 heavy (non-hydrogen) atoms. The highest BCUT2D eigenvalue weighted by Gasteiger charge is 2.24. The van der Waals surface area contributed by atoms with E-state index in [-0.39, 0.29) is 0 Å². The fraction of sp³-hybridized carbons (Fsp3) is 0.480. The predicted octanol–water partition coefficient (Wildman–Crippen LogP) is 5.94. The first-order valence-electron chi connectivity index (χ1n) is 11.6. The normalized spacial score (nSPS) is 17.5. The van der Waals surface area contributed by atoms with Crippen molar-refractivity contribution in [3.63, 3.8) is 0 Å². The van der Waals surface area contributed by atoms with Gasteiger partial charge in [0.2, 0.25) is 0 Å². The largest absolute Gasteiger partial charge is 0.493 e. The van der Waals surface area contributed by atoms with Crippen molar-refractivity contribution in [1.29, 1.82) is 0 Å². The number of aryl methyl sites for hydroxylation is 1. The van der Waals surface area contributed by atoms with Gasteiger partial charge < -0.3 is 14.2 Å². The maximum absolute atomic E-state index is 6.08. The van der Waals surface area contributed by atoms with E-state index in [0.717, 1.165) is 79.2 Å². The van der Waals surface area contributed by atoms with Gasteiger partial charge in [0, 0.05) is 18.5 Å². The molecule has 1 aliphatic carbocycles. The first kappa shape index (κ1) is 21.3. The molecule has 3 aromatic rings. The smallest absolute Gasteiger partial charge is 0.178 e. The van der Waals surface area contributed by atoms with Crippen LogP contribution in [0.4, 0.5) is 5.82 Å². The SMILES string of the molecule is CC=Cc1c(OCC2CC2)ccc2c(CCC3CCN(c4ccc(Cl)nn4)CC3)noc12. The summed E-state index contributed by atoms with van der Waals surface area (Å²) in [6.07, 6.45) is 11.0. The molecule has 168 valence electrons. The van der Waals surface area contributed by atoms with Crippen LogP contribution in [0.2, 0.25) is 5.15 Å². The molecular formula is C25H29ClN4O2. The van der Waals surface area contributed by atoms with E-state index in [2.05, 4.69) is 38.5 Å². The fourth-order valence-electron chi connectivity index (χ4n) is 4.45. The number of rotatable bonds is 8. The average molecular weight is 453 g/mol. The molecule has 0 radical (unpaired) electrons. The number of aromatic nitrogens is 3. The average Bonchev–Trinajstić information content (AvgIpc) is 3.56. The van der Waals surface area contributed by atoms with Crippen molar-refractivity contribution in [1.82, 2.24) is 15.4 Å². The van der Waals surface area contributed by atoms with Crippen LogP contribution in [-0.2, 0) is 6.42 Å². The summed E-state index contributed by atoms with van der Waals surface area (Å²) in [5, 5.41) is 14.1. The number of anilines is 1. The first-order chi connectivity index (χ1) is 15.7. The van der Waals surface area contributed by atoms with E-state index in [1.165, 1.54) is 12.8 Å². The van der Waals surface area contributed by atoms with Crippen LogP contribution in [0.1, 0.15) is 50.3 Å². The molecule has 0 spiro atoms. The Bertz CT molecular complexity index is 1080. The minimum absolute atomic E-state index is 0.433. The second-order valence-electron chi connectivity index (χ2n) is 8.92. The zero-order chi connectivity index (χ0) is 21.9. The maximum Gasteiger partial charge on any atom is 0.178 e. The topological polar surface area (TPSA) is 64.3 Å². The lowest BCUT2D eigenvalue weighted by Crippen LogP contribution is -2.34. The summed E-state index contributed by atoms with van der Waals surface area (Å²) in [5.41, 5.74) is 2.88. The number of allylic oxidation sites excluding steroid dienone is 1. The molecule has 1 saturated carbocycles. The Morgan fingerprint density at radius 3 is 2.66 bits per heavy atom. The van der Waals surface area contributed by atoms with Gasteiger partial charge in [-0.05, 0) is 81.5 Å². The van der Waals surface area contributed by atoms with Crippen molar-refractivity contribution in [3.05, 3.63) is 46.8 Å². The third kappa shape index (κ3) is 4.75. The second-order valence-corrected chi connectivity index (χ2v) is 9.31. The lowest BCUT2D eigenvalue weighted by molar-refractivity contribution is 0.299. The molecule has 2 fully saturated rings. The number of hydrogen-bond donors (Lipinski definition) is 0. The lowest BCUT2D eigenvalue weighted by atomic mass is 9.91. The molecule has 6 nitrogen and oxygen atoms in total. The number of piperidine rings is 1. The zero-order valence-corrected chi connectivity index (χ0v) is 19.2. The highest BCUT2D eigenvalue weighted by atomic mass is 35.5. The van der Waals surface area contributed by atoms with Crippen LogP contribution in [0.25, 0.3) is 17.0 Å². The monoisotopic (exact) mass is 452 g/mol. The second kappa shape index (κ2) is 9.49. The highest BCUT2D eigenvalue weighted by Crippen LogP contribution is 2.35. The van der Waals surface area contributed by atoms with E-state index in [0.29, 0.717) is 17.0 Å². The molecule has 5 rings (SSSR count). The van der Waals surface area contributed by atoms with E-state index in [1.807, 2.05) is 19.1 Å². The Balaban J connectivity index is 1.22. The van der Waals surface area contributed by atoms with Crippen molar-refractivity contribution in [2.45, 2.75) is 45.4 Å².